The monoisotopic (exact) mass is 340 g/mol. The summed E-state index contributed by atoms with van der Waals surface area (Å²) in [5, 5.41) is 0. The Kier molecular flexibility index (Phi) is 6.01. The van der Waals surface area contributed by atoms with Gasteiger partial charge in [-0.25, -0.2) is 12.7 Å². The number of carbonyl (C=O) groups excluding carboxylic acids is 1. The lowest BCUT2D eigenvalue weighted by molar-refractivity contribution is -0.130. The van der Waals surface area contributed by atoms with Crippen LogP contribution < -0.4 is 4.74 Å². The second kappa shape index (κ2) is 7.79. The first kappa shape index (κ1) is 17.7. The Morgan fingerprint density at radius 1 is 1.17 bits per heavy atom. The number of benzene rings is 1. The van der Waals surface area contributed by atoms with Crippen LogP contribution in [0.1, 0.15) is 18.9 Å². The molecule has 1 heterocycles. The van der Waals surface area contributed by atoms with Gasteiger partial charge in [-0.3, -0.25) is 4.79 Å². The fourth-order valence-electron chi connectivity index (χ4n) is 2.73. The smallest absolute Gasteiger partial charge is 0.227 e. The minimum absolute atomic E-state index is 0.00486. The van der Waals surface area contributed by atoms with Crippen LogP contribution in [0.15, 0.2) is 24.3 Å². The molecule has 1 saturated heterocycles. The van der Waals surface area contributed by atoms with E-state index in [-0.39, 0.29) is 18.1 Å². The zero-order chi connectivity index (χ0) is 16.9. The molecule has 2 rings (SSSR count). The van der Waals surface area contributed by atoms with Crippen molar-refractivity contribution < 1.29 is 17.9 Å². The molecule has 0 aliphatic carbocycles. The number of hydrogen-bond acceptors (Lipinski definition) is 4. The molecule has 0 radical (unpaired) electrons. The number of ether oxygens (including phenoxy) is 1. The normalized spacial score (nSPS) is 16.9. The molecule has 0 spiro atoms. The van der Waals surface area contributed by atoms with Crippen LogP contribution in [0.5, 0.6) is 5.75 Å². The number of hydrogen-bond donors (Lipinski definition) is 0. The summed E-state index contributed by atoms with van der Waals surface area (Å²) in [6.07, 6.45) is 0.932. The molecule has 1 aromatic carbocycles. The van der Waals surface area contributed by atoms with Gasteiger partial charge in [-0.1, -0.05) is 18.2 Å². The Hall–Kier alpha value is -1.60. The van der Waals surface area contributed by atoms with Crippen LogP contribution in [0.25, 0.3) is 0 Å². The van der Waals surface area contributed by atoms with Gasteiger partial charge in [0.15, 0.2) is 0 Å². The first-order valence-electron chi connectivity index (χ1n) is 7.85. The largest absolute Gasteiger partial charge is 0.496 e. The lowest BCUT2D eigenvalue weighted by Gasteiger charge is -2.22. The average Bonchev–Trinajstić information content (AvgIpc) is 2.82. The van der Waals surface area contributed by atoms with E-state index in [1.54, 1.807) is 18.9 Å². The topological polar surface area (TPSA) is 66.9 Å². The van der Waals surface area contributed by atoms with E-state index in [0.717, 1.165) is 5.56 Å². The molecule has 6 nitrogen and oxygen atoms in total. The van der Waals surface area contributed by atoms with Gasteiger partial charge in [-0.05, 0) is 19.4 Å². The van der Waals surface area contributed by atoms with Crippen LogP contribution >= 0.6 is 0 Å². The summed E-state index contributed by atoms with van der Waals surface area (Å²) < 4.78 is 30.7. The van der Waals surface area contributed by atoms with Gasteiger partial charge in [0.1, 0.15) is 5.75 Å². The molecule has 1 aliphatic heterocycles. The van der Waals surface area contributed by atoms with Crippen LogP contribution in [-0.2, 0) is 21.2 Å². The Morgan fingerprint density at radius 2 is 1.91 bits per heavy atom. The van der Waals surface area contributed by atoms with E-state index in [2.05, 4.69) is 0 Å². The van der Waals surface area contributed by atoms with Gasteiger partial charge in [0.05, 0.1) is 19.3 Å². The minimum atomic E-state index is -3.19. The summed E-state index contributed by atoms with van der Waals surface area (Å²) in [7, 11) is -1.60. The van der Waals surface area contributed by atoms with E-state index in [1.165, 1.54) is 4.31 Å². The zero-order valence-electron chi connectivity index (χ0n) is 13.7. The Labute approximate surface area is 138 Å². The van der Waals surface area contributed by atoms with Gasteiger partial charge >= 0.3 is 0 Å². The van der Waals surface area contributed by atoms with Crippen molar-refractivity contribution in [1.82, 2.24) is 9.21 Å². The van der Waals surface area contributed by atoms with Gasteiger partial charge in [0, 0.05) is 31.7 Å². The van der Waals surface area contributed by atoms with E-state index in [0.29, 0.717) is 38.3 Å². The molecule has 1 amide bonds. The summed E-state index contributed by atoms with van der Waals surface area (Å²) in [4.78, 5) is 14.3. The van der Waals surface area contributed by atoms with Gasteiger partial charge in [0.2, 0.25) is 15.9 Å². The van der Waals surface area contributed by atoms with Gasteiger partial charge < -0.3 is 9.64 Å². The van der Waals surface area contributed by atoms with Crippen LogP contribution in [0.2, 0.25) is 0 Å². The highest BCUT2D eigenvalue weighted by molar-refractivity contribution is 7.89. The predicted octanol–water partition coefficient (Wildman–Crippen LogP) is 1.12. The van der Waals surface area contributed by atoms with Crippen molar-refractivity contribution in [3.05, 3.63) is 29.8 Å². The van der Waals surface area contributed by atoms with Crippen molar-refractivity contribution in [2.24, 2.45) is 0 Å². The number of nitrogens with zero attached hydrogens (tertiary/aromatic N) is 2. The summed E-state index contributed by atoms with van der Waals surface area (Å²) >= 11 is 0. The molecule has 7 heteroatoms. The van der Waals surface area contributed by atoms with E-state index < -0.39 is 10.0 Å². The van der Waals surface area contributed by atoms with Crippen LogP contribution in [-0.4, -0.2) is 62.6 Å². The molecule has 0 unspecified atom stereocenters. The van der Waals surface area contributed by atoms with Gasteiger partial charge in [0.25, 0.3) is 0 Å². The molecule has 1 aromatic rings. The Morgan fingerprint density at radius 3 is 2.61 bits per heavy atom. The highest BCUT2D eigenvalue weighted by atomic mass is 32.2. The van der Waals surface area contributed by atoms with Gasteiger partial charge in [-0.15, -0.1) is 0 Å². The van der Waals surface area contributed by atoms with Crippen molar-refractivity contribution in [2.45, 2.75) is 19.8 Å². The molecule has 0 saturated carbocycles. The second-order valence-electron chi connectivity index (χ2n) is 5.52. The van der Waals surface area contributed by atoms with Crippen molar-refractivity contribution in [1.29, 1.82) is 0 Å². The maximum absolute atomic E-state index is 12.5. The number of amides is 1. The van der Waals surface area contributed by atoms with Crippen molar-refractivity contribution in [2.75, 3.05) is 39.0 Å². The Balaban J connectivity index is 2.01. The number of carbonyl (C=O) groups is 1. The predicted molar refractivity (Wildman–Crippen MR) is 88.9 cm³/mol. The van der Waals surface area contributed by atoms with E-state index >= 15 is 0 Å². The lowest BCUT2D eigenvalue weighted by atomic mass is 10.1. The van der Waals surface area contributed by atoms with Crippen LogP contribution in [0.3, 0.4) is 0 Å². The molecule has 1 fully saturated rings. The third-order valence-corrected chi connectivity index (χ3v) is 5.98. The lowest BCUT2D eigenvalue weighted by Crippen LogP contribution is -2.38. The number of rotatable bonds is 5. The first-order valence-corrected chi connectivity index (χ1v) is 9.46. The second-order valence-corrected chi connectivity index (χ2v) is 7.78. The summed E-state index contributed by atoms with van der Waals surface area (Å²) in [5.74, 6) is 0.804. The van der Waals surface area contributed by atoms with Crippen molar-refractivity contribution in [3.63, 3.8) is 0 Å². The fourth-order valence-corrected chi connectivity index (χ4v) is 3.86. The fraction of sp³-hybridized carbons (Fsp3) is 0.562. The van der Waals surface area contributed by atoms with E-state index in [9.17, 15) is 13.2 Å². The van der Waals surface area contributed by atoms with Crippen molar-refractivity contribution >= 4 is 15.9 Å². The van der Waals surface area contributed by atoms with Crippen LogP contribution in [0, 0.1) is 0 Å². The summed E-state index contributed by atoms with van der Waals surface area (Å²) in [6, 6.07) is 7.46. The molecular weight excluding hydrogens is 316 g/mol. The van der Waals surface area contributed by atoms with Crippen molar-refractivity contribution in [3.8, 4) is 5.75 Å². The number of para-hydroxylation sites is 1. The maximum atomic E-state index is 12.5. The Bertz CT molecular complexity index is 645. The molecule has 1 aliphatic rings. The van der Waals surface area contributed by atoms with Gasteiger partial charge in [-0.2, -0.15) is 0 Å². The maximum Gasteiger partial charge on any atom is 0.227 e. The zero-order valence-corrected chi connectivity index (χ0v) is 14.5. The number of methoxy groups -OCH3 is 1. The average molecular weight is 340 g/mol. The molecule has 0 atom stereocenters. The molecule has 128 valence electrons. The molecule has 0 aromatic heterocycles. The highest BCUT2D eigenvalue weighted by Gasteiger charge is 2.25. The van der Waals surface area contributed by atoms with E-state index in [4.69, 9.17) is 4.74 Å². The third kappa shape index (κ3) is 4.45. The minimum Gasteiger partial charge on any atom is -0.496 e. The number of sulfonamides is 1. The molecular formula is C16H24N2O4S. The first-order chi connectivity index (χ1) is 11.0. The summed E-state index contributed by atoms with van der Waals surface area (Å²) in [5.41, 5.74) is 0.849. The van der Waals surface area contributed by atoms with E-state index in [1.807, 2.05) is 24.3 Å². The third-order valence-electron chi connectivity index (χ3n) is 4.10. The van der Waals surface area contributed by atoms with Crippen LogP contribution in [0.4, 0.5) is 0 Å². The quantitative estimate of drug-likeness (QED) is 0.806. The molecule has 0 bridgehead atoms. The SMILES string of the molecule is CCS(=O)(=O)N1CCCN(C(=O)Cc2ccccc2OC)CC1. The standard InChI is InChI=1S/C16H24N2O4S/c1-3-23(20,21)18-10-6-9-17(11-12-18)16(19)13-14-7-4-5-8-15(14)22-2/h4-5,7-8H,3,6,9-13H2,1-2H3. The molecule has 0 N–H and O–H groups in total. The molecule has 23 heavy (non-hydrogen) atoms. The highest BCUT2D eigenvalue weighted by Crippen LogP contribution is 2.19. The summed E-state index contributed by atoms with van der Waals surface area (Å²) in [6.45, 7) is 3.52.